The van der Waals surface area contributed by atoms with Crippen LogP contribution in [0.25, 0.3) is 0 Å². The van der Waals surface area contributed by atoms with E-state index in [1.165, 1.54) is 26.2 Å². The van der Waals surface area contributed by atoms with E-state index in [0.717, 1.165) is 0 Å². The molecule has 2 atom stereocenters. The molecule has 7 heteroatoms. The van der Waals surface area contributed by atoms with Crippen LogP contribution >= 0.6 is 0 Å². The highest BCUT2D eigenvalue weighted by molar-refractivity contribution is 5.78. The molecule has 0 amide bonds. The number of ketones is 2. The first-order valence-corrected chi connectivity index (χ1v) is 9.50. The second-order valence-corrected chi connectivity index (χ2v) is 7.32. The van der Waals surface area contributed by atoms with E-state index in [0.29, 0.717) is 0 Å². The van der Waals surface area contributed by atoms with Crippen molar-refractivity contribution in [3.05, 3.63) is 89.8 Å². The van der Waals surface area contributed by atoms with Gasteiger partial charge < -0.3 is 10.2 Å². The van der Waals surface area contributed by atoms with Gasteiger partial charge in [0, 0.05) is 25.2 Å². The van der Waals surface area contributed by atoms with Crippen LogP contribution in [0.4, 0.5) is 0 Å². The van der Waals surface area contributed by atoms with Gasteiger partial charge in [0.05, 0.1) is 22.8 Å². The van der Waals surface area contributed by atoms with Crippen LogP contribution in [-0.2, 0) is 20.8 Å². The number of carbonyl (C=O) groups is 2. The predicted octanol–water partition coefficient (Wildman–Crippen LogP) is 2.30. The zero-order valence-electron chi connectivity index (χ0n) is 16.8. The van der Waals surface area contributed by atoms with Crippen LogP contribution in [0.15, 0.2) is 67.0 Å². The molecule has 3 aromatic rings. The minimum atomic E-state index is -1.79. The number of rotatable bonds is 8. The molecule has 7 nitrogen and oxygen atoms in total. The van der Waals surface area contributed by atoms with Gasteiger partial charge in [-0.15, -0.1) is 0 Å². The quantitative estimate of drug-likeness (QED) is 0.591. The Hall–Kier alpha value is -3.29. The maximum absolute atomic E-state index is 11.9. The molecule has 0 aliphatic heterocycles. The lowest BCUT2D eigenvalue weighted by molar-refractivity contribution is -0.121. The highest BCUT2D eigenvalue weighted by Gasteiger charge is 2.40. The van der Waals surface area contributed by atoms with Crippen molar-refractivity contribution in [2.45, 2.75) is 37.9 Å². The topological polar surface area (TPSA) is 113 Å². The summed E-state index contributed by atoms with van der Waals surface area (Å²) in [6, 6.07) is 14.8. The fourth-order valence-electron chi connectivity index (χ4n) is 3.46. The van der Waals surface area contributed by atoms with Crippen molar-refractivity contribution in [2.24, 2.45) is 0 Å². The second-order valence-electron chi connectivity index (χ2n) is 7.32. The molecule has 0 fully saturated rings. The Morgan fingerprint density at radius 2 is 1.10 bits per heavy atom. The van der Waals surface area contributed by atoms with Crippen molar-refractivity contribution in [1.29, 1.82) is 0 Å². The van der Waals surface area contributed by atoms with Crippen LogP contribution in [0.3, 0.4) is 0 Å². The molecule has 154 valence electrons. The van der Waals surface area contributed by atoms with Gasteiger partial charge in [0.15, 0.2) is 11.2 Å². The van der Waals surface area contributed by atoms with Gasteiger partial charge in [0.1, 0.15) is 11.6 Å². The SMILES string of the molecule is CC(=O)CC(O)(c1ccccn1)c1cccc(C(O)(CC(C)=O)c2ccccn2)n1. The minimum absolute atomic E-state index is 0.145. The Labute approximate surface area is 174 Å². The summed E-state index contributed by atoms with van der Waals surface area (Å²) in [5, 5.41) is 22.9. The van der Waals surface area contributed by atoms with E-state index < -0.39 is 11.2 Å². The molecule has 0 radical (unpaired) electrons. The van der Waals surface area contributed by atoms with Crippen LogP contribution < -0.4 is 0 Å². The van der Waals surface area contributed by atoms with E-state index in [4.69, 9.17) is 0 Å². The molecular weight excluding hydrogens is 382 g/mol. The fraction of sp³-hybridized carbons (Fsp3) is 0.261. The van der Waals surface area contributed by atoms with E-state index >= 15 is 0 Å². The number of aliphatic hydroxyl groups is 2. The van der Waals surface area contributed by atoms with Gasteiger partial charge in [-0.2, -0.15) is 0 Å². The molecule has 0 spiro atoms. The molecule has 0 saturated carbocycles. The first kappa shape index (κ1) is 21.4. The molecule has 0 bridgehead atoms. The summed E-state index contributed by atoms with van der Waals surface area (Å²) in [6.45, 7) is 2.75. The van der Waals surface area contributed by atoms with Gasteiger partial charge in [-0.3, -0.25) is 24.5 Å². The van der Waals surface area contributed by atoms with Crippen molar-refractivity contribution in [3.8, 4) is 0 Å². The number of hydrogen-bond acceptors (Lipinski definition) is 7. The molecule has 0 aliphatic carbocycles. The van der Waals surface area contributed by atoms with E-state index in [2.05, 4.69) is 15.0 Å². The normalized spacial score (nSPS) is 15.1. The van der Waals surface area contributed by atoms with Gasteiger partial charge in [0.2, 0.25) is 0 Å². The monoisotopic (exact) mass is 405 g/mol. The lowest BCUT2D eigenvalue weighted by Crippen LogP contribution is -2.35. The zero-order valence-corrected chi connectivity index (χ0v) is 16.8. The standard InChI is InChI=1S/C23H23N3O4/c1-16(27)14-22(29,18-8-3-5-12-24-18)20-10-7-11-21(26-20)23(30,15-17(2)28)19-9-4-6-13-25-19/h3-13,29-30H,14-15H2,1-2H3. The van der Waals surface area contributed by atoms with Gasteiger partial charge in [-0.05, 0) is 50.2 Å². The smallest absolute Gasteiger partial charge is 0.155 e. The third-order valence-electron chi connectivity index (χ3n) is 4.78. The number of carbonyl (C=O) groups excluding carboxylic acids is 2. The number of aromatic nitrogens is 3. The summed E-state index contributed by atoms with van der Waals surface area (Å²) in [4.78, 5) is 36.8. The minimum Gasteiger partial charge on any atom is -0.377 e. The highest BCUT2D eigenvalue weighted by atomic mass is 16.3. The maximum Gasteiger partial charge on any atom is 0.155 e. The first-order chi connectivity index (χ1) is 14.3. The van der Waals surface area contributed by atoms with Gasteiger partial charge in [-0.25, -0.2) is 0 Å². The summed E-state index contributed by atoms with van der Waals surface area (Å²) in [7, 11) is 0. The molecule has 0 saturated heterocycles. The van der Waals surface area contributed by atoms with Gasteiger partial charge >= 0.3 is 0 Å². The second kappa shape index (κ2) is 8.61. The lowest BCUT2D eigenvalue weighted by atomic mass is 9.86. The lowest BCUT2D eigenvalue weighted by Gasteiger charge is -2.30. The van der Waals surface area contributed by atoms with E-state index in [1.54, 1.807) is 54.6 Å². The molecule has 2 unspecified atom stereocenters. The number of nitrogens with zero attached hydrogens (tertiary/aromatic N) is 3. The summed E-state index contributed by atoms with van der Waals surface area (Å²) >= 11 is 0. The van der Waals surface area contributed by atoms with Crippen molar-refractivity contribution in [1.82, 2.24) is 15.0 Å². The van der Waals surface area contributed by atoms with Crippen molar-refractivity contribution < 1.29 is 19.8 Å². The Balaban J connectivity index is 2.17. The summed E-state index contributed by atoms with van der Waals surface area (Å²) < 4.78 is 0. The Morgan fingerprint density at radius 3 is 1.43 bits per heavy atom. The third-order valence-corrected chi connectivity index (χ3v) is 4.78. The Morgan fingerprint density at radius 1 is 0.700 bits per heavy atom. The van der Waals surface area contributed by atoms with Crippen molar-refractivity contribution in [2.75, 3.05) is 0 Å². The largest absolute Gasteiger partial charge is 0.377 e. The summed E-state index contributed by atoms with van der Waals surface area (Å²) in [6.07, 6.45) is 2.55. The molecular formula is C23H23N3O4. The number of pyridine rings is 3. The Bertz CT molecular complexity index is 962. The molecule has 0 aliphatic rings. The third kappa shape index (κ3) is 4.32. The van der Waals surface area contributed by atoms with Crippen LogP contribution in [0.2, 0.25) is 0 Å². The van der Waals surface area contributed by atoms with E-state index in [1.807, 2.05) is 0 Å². The van der Waals surface area contributed by atoms with Crippen LogP contribution in [0.1, 0.15) is 49.5 Å². The average molecular weight is 405 g/mol. The highest BCUT2D eigenvalue weighted by Crippen LogP contribution is 2.35. The first-order valence-electron chi connectivity index (χ1n) is 9.50. The molecule has 30 heavy (non-hydrogen) atoms. The molecule has 3 rings (SSSR count). The maximum atomic E-state index is 11.9. The average Bonchev–Trinajstić information content (AvgIpc) is 2.74. The van der Waals surface area contributed by atoms with Gasteiger partial charge in [0.25, 0.3) is 0 Å². The zero-order chi connectivity index (χ0) is 21.8. The van der Waals surface area contributed by atoms with Gasteiger partial charge in [-0.1, -0.05) is 18.2 Å². The molecule has 3 aromatic heterocycles. The van der Waals surface area contributed by atoms with E-state index in [-0.39, 0.29) is 47.2 Å². The predicted molar refractivity (Wildman–Crippen MR) is 109 cm³/mol. The number of Topliss-reactive ketones (excluding diaryl/α,β-unsaturated/α-hetero) is 2. The van der Waals surface area contributed by atoms with Crippen LogP contribution in [-0.4, -0.2) is 36.7 Å². The summed E-state index contributed by atoms with van der Waals surface area (Å²) in [5.74, 6) is -0.502. The van der Waals surface area contributed by atoms with Crippen LogP contribution in [0.5, 0.6) is 0 Å². The van der Waals surface area contributed by atoms with Crippen LogP contribution in [0, 0.1) is 0 Å². The summed E-state index contributed by atoms with van der Waals surface area (Å²) in [5.41, 5.74) is -2.76. The van der Waals surface area contributed by atoms with Crippen molar-refractivity contribution >= 4 is 11.6 Å². The fourth-order valence-corrected chi connectivity index (χ4v) is 3.46. The molecule has 3 heterocycles. The van der Waals surface area contributed by atoms with Crippen molar-refractivity contribution in [3.63, 3.8) is 0 Å². The number of hydrogen-bond donors (Lipinski definition) is 2. The molecule has 0 aromatic carbocycles. The van der Waals surface area contributed by atoms with E-state index in [9.17, 15) is 19.8 Å². The Kier molecular flexibility index (Phi) is 6.14. The molecule has 2 N–H and O–H groups in total.